The highest BCUT2D eigenvalue weighted by Gasteiger charge is 2.80. The summed E-state index contributed by atoms with van der Waals surface area (Å²) in [6.07, 6.45) is 5.30. The van der Waals surface area contributed by atoms with Crippen LogP contribution in [0.2, 0.25) is 0 Å². The highest BCUT2D eigenvalue weighted by atomic mass is 16.6. The normalized spacial score (nSPS) is 53.7. The number of hydrogen-bond donors (Lipinski definition) is 2. The van der Waals surface area contributed by atoms with E-state index in [1.807, 2.05) is 6.92 Å². The number of ether oxygens (including phenoxy) is 4. The minimum atomic E-state index is -0.979. The molecule has 0 aromatic heterocycles. The predicted octanol–water partition coefficient (Wildman–Crippen LogP) is 3.21. The summed E-state index contributed by atoms with van der Waals surface area (Å²) in [4.78, 5) is 24.6. The number of fused-ring (bicyclic) bond motifs is 1. The van der Waals surface area contributed by atoms with E-state index in [1.165, 1.54) is 0 Å². The van der Waals surface area contributed by atoms with Gasteiger partial charge in [0.1, 0.15) is 17.8 Å². The standard InChI is InChI=1S/C30H42O8/c1-16-12-18(36-24(16)33)23(32)17(2)30-11-9-27(15-35-30)20-7-6-19-25(3,4)37-21-13-22(31)38-29(19,21)14-28(20,34)10-8-26(27,30)5/h12,17-21,23,32,34H,6-11,13-15H2,1-5H3. The largest absolute Gasteiger partial charge is 0.456 e. The third-order valence-electron chi connectivity index (χ3n) is 12.9. The Bertz CT molecular complexity index is 1120. The molecule has 3 saturated heterocycles. The first-order valence-electron chi connectivity index (χ1n) is 14.6. The lowest BCUT2D eigenvalue weighted by molar-refractivity contribution is -0.190. The summed E-state index contributed by atoms with van der Waals surface area (Å²) in [5.74, 6) is -0.809. The van der Waals surface area contributed by atoms with Crippen LogP contribution >= 0.6 is 0 Å². The Morgan fingerprint density at radius 2 is 1.79 bits per heavy atom. The Morgan fingerprint density at radius 3 is 2.45 bits per heavy atom. The van der Waals surface area contributed by atoms with Gasteiger partial charge in [0.05, 0.1) is 35.9 Å². The molecule has 38 heavy (non-hydrogen) atoms. The molecule has 0 amide bonds. The predicted molar refractivity (Wildman–Crippen MR) is 135 cm³/mol. The molecular weight excluding hydrogens is 488 g/mol. The minimum absolute atomic E-state index is 0.00430. The number of esters is 2. The number of hydrogen-bond acceptors (Lipinski definition) is 8. The molecule has 1 spiro atoms. The zero-order valence-corrected chi connectivity index (χ0v) is 23.2. The monoisotopic (exact) mass is 530 g/mol. The molecule has 6 fully saturated rings. The van der Waals surface area contributed by atoms with Gasteiger partial charge in [0.15, 0.2) is 0 Å². The van der Waals surface area contributed by atoms with Gasteiger partial charge in [-0.2, -0.15) is 0 Å². The maximum absolute atomic E-state index is 12.5. The third kappa shape index (κ3) is 2.76. The van der Waals surface area contributed by atoms with Gasteiger partial charge in [-0.15, -0.1) is 0 Å². The lowest BCUT2D eigenvalue weighted by Crippen LogP contribution is -2.62. The number of cyclic esters (lactones) is 1. The van der Waals surface area contributed by atoms with Crippen LogP contribution in [-0.4, -0.2) is 69.5 Å². The SMILES string of the molecule is CC1=CC(C(O)C(C)C23CCC4(CO2)C2CCC5C(C)(C)OC6CC(=O)OC65CC2(O)CCC43C)OC1=O. The van der Waals surface area contributed by atoms with Gasteiger partial charge in [-0.1, -0.05) is 13.8 Å². The van der Waals surface area contributed by atoms with Crippen molar-refractivity contribution in [3.63, 3.8) is 0 Å². The molecule has 7 aliphatic rings. The number of aliphatic hydroxyl groups excluding tert-OH is 1. The van der Waals surface area contributed by atoms with Crippen LogP contribution in [0.4, 0.5) is 0 Å². The Morgan fingerprint density at radius 1 is 1.05 bits per heavy atom. The van der Waals surface area contributed by atoms with E-state index < -0.39 is 34.6 Å². The molecule has 0 aromatic rings. The van der Waals surface area contributed by atoms with Crippen molar-refractivity contribution in [1.82, 2.24) is 0 Å². The zero-order valence-electron chi connectivity index (χ0n) is 23.2. The molecule has 4 aliphatic heterocycles. The fraction of sp³-hybridized carbons (Fsp3) is 0.867. The molecule has 2 bridgehead atoms. The Kier molecular flexibility index (Phi) is 4.98. The summed E-state index contributed by atoms with van der Waals surface area (Å²) >= 11 is 0. The van der Waals surface area contributed by atoms with E-state index in [4.69, 9.17) is 18.9 Å². The number of aliphatic hydroxyl groups is 2. The van der Waals surface area contributed by atoms with Crippen molar-refractivity contribution in [1.29, 1.82) is 0 Å². The van der Waals surface area contributed by atoms with E-state index in [0.717, 1.165) is 32.1 Å². The quantitative estimate of drug-likeness (QED) is 0.535. The van der Waals surface area contributed by atoms with Crippen LogP contribution in [-0.2, 0) is 28.5 Å². The smallest absolute Gasteiger partial charge is 0.334 e. The van der Waals surface area contributed by atoms with Gasteiger partial charge in [-0.25, -0.2) is 4.79 Å². The molecular formula is C30H42O8. The Balaban J connectivity index is 1.24. The van der Waals surface area contributed by atoms with Crippen LogP contribution in [0.15, 0.2) is 11.6 Å². The molecule has 3 saturated carbocycles. The van der Waals surface area contributed by atoms with E-state index in [1.54, 1.807) is 13.0 Å². The molecule has 3 aliphatic carbocycles. The summed E-state index contributed by atoms with van der Waals surface area (Å²) in [7, 11) is 0. The molecule has 8 heteroatoms. The van der Waals surface area contributed by atoms with Crippen LogP contribution in [0.3, 0.4) is 0 Å². The summed E-state index contributed by atoms with van der Waals surface area (Å²) in [6, 6.07) is 0. The summed E-state index contributed by atoms with van der Waals surface area (Å²) in [5.41, 5.74) is -2.68. The van der Waals surface area contributed by atoms with Crippen molar-refractivity contribution in [3.8, 4) is 0 Å². The molecule has 2 N–H and O–H groups in total. The second-order valence-electron chi connectivity index (χ2n) is 14.5. The molecule has 7 rings (SSSR count). The average molecular weight is 531 g/mol. The van der Waals surface area contributed by atoms with Crippen LogP contribution in [0.25, 0.3) is 0 Å². The first-order valence-corrected chi connectivity index (χ1v) is 14.6. The van der Waals surface area contributed by atoms with E-state index >= 15 is 0 Å². The topological polar surface area (TPSA) is 112 Å². The maximum Gasteiger partial charge on any atom is 0.334 e. The fourth-order valence-electron chi connectivity index (χ4n) is 11.1. The number of carbonyl (C=O) groups is 2. The second-order valence-corrected chi connectivity index (χ2v) is 14.5. The van der Waals surface area contributed by atoms with Gasteiger partial charge in [0.2, 0.25) is 0 Å². The molecule has 210 valence electrons. The van der Waals surface area contributed by atoms with E-state index in [0.29, 0.717) is 25.0 Å². The molecule has 0 aromatic carbocycles. The zero-order chi connectivity index (χ0) is 27.1. The molecule has 8 nitrogen and oxygen atoms in total. The highest BCUT2D eigenvalue weighted by molar-refractivity contribution is 5.90. The van der Waals surface area contributed by atoms with Crippen molar-refractivity contribution in [2.75, 3.05) is 6.61 Å². The first kappa shape index (κ1) is 25.5. The molecule has 0 radical (unpaired) electrons. The minimum Gasteiger partial charge on any atom is -0.456 e. The maximum atomic E-state index is 12.5. The Hall–Kier alpha value is -1.48. The van der Waals surface area contributed by atoms with Gasteiger partial charge >= 0.3 is 11.9 Å². The van der Waals surface area contributed by atoms with E-state index in [-0.39, 0.29) is 53.0 Å². The molecule has 4 heterocycles. The molecule has 11 atom stereocenters. The van der Waals surface area contributed by atoms with Crippen LogP contribution in [0.5, 0.6) is 0 Å². The average Bonchev–Trinajstić information content (AvgIpc) is 3.51. The second kappa shape index (κ2) is 7.42. The first-order chi connectivity index (χ1) is 17.7. The fourth-order valence-corrected chi connectivity index (χ4v) is 11.1. The Labute approximate surface area is 224 Å². The summed E-state index contributed by atoms with van der Waals surface area (Å²) in [6.45, 7) is 10.8. The number of carbonyl (C=O) groups excluding carboxylic acids is 2. The van der Waals surface area contributed by atoms with Crippen LogP contribution in [0.1, 0.15) is 86.0 Å². The summed E-state index contributed by atoms with van der Waals surface area (Å²) < 4.78 is 24.9. The van der Waals surface area contributed by atoms with Gasteiger partial charge in [0.25, 0.3) is 0 Å². The highest BCUT2D eigenvalue weighted by Crippen LogP contribution is 2.78. The lowest BCUT2D eigenvalue weighted by Gasteiger charge is -2.58. The van der Waals surface area contributed by atoms with Crippen LogP contribution in [0, 0.1) is 28.6 Å². The van der Waals surface area contributed by atoms with E-state index in [9.17, 15) is 19.8 Å². The lowest BCUT2D eigenvalue weighted by atomic mass is 9.46. The van der Waals surface area contributed by atoms with Crippen molar-refractivity contribution in [2.24, 2.45) is 28.6 Å². The van der Waals surface area contributed by atoms with Crippen molar-refractivity contribution >= 4 is 11.9 Å². The van der Waals surface area contributed by atoms with Gasteiger partial charge in [-0.05, 0) is 71.3 Å². The van der Waals surface area contributed by atoms with Crippen LogP contribution < -0.4 is 0 Å². The third-order valence-corrected chi connectivity index (χ3v) is 12.9. The summed E-state index contributed by atoms with van der Waals surface area (Å²) in [5, 5.41) is 24.0. The van der Waals surface area contributed by atoms with Gasteiger partial charge in [-0.3, -0.25) is 4.79 Å². The van der Waals surface area contributed by atoms with Crippen molar-refractivity contribution in [3.05, 3.63) is 11.6 Å². The number of rotatable bonds is 3. The van der Waals surface area contributed by atoms with Crippen molar-refractivity contribution < 1.29 is 38.7 Å². The van der Waals surface area contributed by atoms with Gasteiger partial charge in [0, 0.05) is 34.7 Å². The molecule has 11 unspecified atom stereocenters. The van der Waals surface area contributed by atoms with Crippen molar-refractivity contribution in [2.45, 2.75) is 127 Å². The van der Waals surface area contributed by atoms with Gasteiger partial charge < -0.3 is 29.2 Å². The van der Waals surface area contributed by atoms with E-state index in [2.05, 4.69) is 20.8 Å².